The second-order valence-electron chi connectivity index (χ2n) is 8.09. The van der Waals surface area contributed by atoms with E-state index >= 15 is 0 Å². The highest BCUT2D eigenvalue weighted by molar-refractivity contribution is 7.99. The minimum atomic E-state index is -0.351. The lowest BCUT2D eigenvalue weighted by molar-refractivity contribution is -0.116. The number of nitrogens with zero attached hydrogens (tertiary/aromatic N) is 4. The molecule has 1 N–H and O–H groups in total. The summed E-state index contributed by atoms with van der Waals surface area (Å²) >= 11 is 13.4. The first-order chi connectivity index (χ1) is 17.5. The lowest BCUT2D eigenvalue weighted by atomic mass is 10.2. The van der Waals surface area contributed by atoms with Crippen LogP contribution >= 0.6 is 35.0 Å². The van der Waals surface area contributed by atoms with E-state index < -0.39 is 0 Å². The first-order valence-corrected chi connectivity index (χ1v) is 13.0. The van der Waals surface area contributed by atoms with Gasteiger partial charge in [-0.05, 0) is 48.4 Å². The molecule has 36 heavy (non-hydrogen) atoms. The average Bonchev–Trinajstić information content (AvgIpc) is 3.50. The Labute approximate surface area is 222 Å². The highest BCUT2D eigenvalue weighted by atomic mass is 35.5. The second-order valence-corrected chi connectivity index (χ2v) is 9.88. The second kappa shape index (κ2) is 10.7. The van der Waals surface area contributed by atoms with E-state index in [1.54, 1.807) is 12.1 Å². The van der Waals surface area contributed by atoms with Crippen LogP contribution in [0.15, 0.2) is 78.0 Å². The fourth-order valence-electron chi connectivity index (χ4n) is 4.07. The molecule has 1 aliphatic rings. The molecule has 0 spiro atoms. The van der Waals surface area contributed by atoms with Crippen LogP contribution < -0.4 is 10.2 Å². The van der Waals surface area contributed by atoms with Gasteiger partial charge in [0, 0.05) is 22.9 Å². The molecule has 0 saturated carbocycles. The van der Waals surface area contributed by atoms with Crippen molar-refractivity contribution in [2.24, 2.45) is 0 Å². The molecular weight excluding hydrogens is 517 g/mol. The summed E-state index contributed by atoms with van der Waals surface area (Å²) in [4.78, 5) is 27.6. The van der Waals surface area contributed by atoms with Crippen molar-refractivity contribution >= 4 is 52.5 Å². The standard InChI is InChI=1S/C26H21Cl2N5O2S/c27-18-10-11-20(21(28)14-18)25(35)29-15-23-30-31-26(33(23)19-7-2-1-3-8-19)36-16-24(34)32-13-12-17-6-4-5-9-22(17)32/h1-11,14H,12-13,15-16H2,(H,29,35). The lowest BCUT2D eigenvalue weighted by Gasteiger charge is -2.17. The van der Waals surface area contributed by atoms with Crippen molar-refractivity contribution < 1.29 is 9.59 Å². The van der Waals surface area contributed by atoms with Gasteiger partial charge in [0.15, 0.2) is 11.0 Å². The Hall–Kier alpha value is -3.33. The number of carbonyl (C=O) groups is 2. The molecule has 10 heteroatoms. The zero-order valence-electron chi connectivity index (χ0n) is 19.0. The summed E-state index contributed by atoms with van der Waals surface area (Å²) < 4.78 is 1.85. The molecule has 7 nitrogen and oxygen atoms in total. The highest BCUT2D eigenvalue weighted by Crippen LogP contribution is 2.29. The maximum Gasteiger partial charge on any atom is 0.253 e. The Bertz CT molecular complexity index is 1430. The van der Waals surface area contributed by atoms with E-state index in [1.807, 2.05) is 58.0 Å². The third-order valence-corrected chi connectivity index (χ3v) is 7.27. The van der Waals surface area contributed by atoms with Crippen LogP contribution in [0.5, 0.6) is 0 Å². The van der Waals surface area contributed by atoms with Gasteiger partial charge in [-0.1, -0.05) is 71.4 Å². The lowest BCUT2D eigenvalue weighted by Crippen LogP contribution is -2.30. The molecule has 2 heterocycles. The minimum absolute atomic E-state index is 0.0137. The number of amides is 2. The zero-order valence-corrected chi connectivity index (χ0v) is 21.4. The first-order valence-electron chi connectivity index (χ1n) is 11.3. The zero-order chi connectivity index (χ0) is 25.1. The Balaban J connectivity index is 1.33. The number of hydrogen-bond acceptors (Lipinski definition) is 5. The van der Waals surface area contributed by atoms with Crippen LogP contribution in [0.4, 0.5) is 5.69 Å². The van der Waals surface area contributed by atoms with Gasteiger partial charge >= 0.3 is 0 Å². The van der Waals surface area contributed by atoms with E-state index in [4.69, 9.17) is 23.2 Å². The van der Waals surface area contributed by atoms with Gasteiger partial charge in [0.05, 0.1) is 22.9 Å². The molecule has 0 aliphatic carbocycles. The number of halogens is 2. The molecule has 1 aromatic heterocycles. The van der Waals surface area contributed by atoms with E-state index in [-0.39, 0.29) is 29.1 Å². The summed E-state index contributed by atoms with van der Waals surface area (Å²) in [6, 6.07) is 22.3. The Morgan fingerprint density at radius 2 is 1.75 bits per heavy atom. The summed E-state index contributed by atoms with van der Waals surface area (Å²) in [6.07, 6.45) is 0.855. The summed E-state index contributed by atoms with van der Waals surface area (Å²) in [6.45, 7) is 0.794. The number of hydrogen-bond donors (Lipinski definition) is 1. The van der Waals surface area contributed by atoms with Crippen LogP contribution in [0, 0.1) is 0 Å². The summed E-state index contributed by atoms with van der Waals surface area (Å²) in [7, 11) is 0. The quantitative estimate of drug-likeness (QED) is 0.328. The number of para-hydroxylation sites is 2. The number of anilines is 1. The van der Waals surface area contributed by atoms with Crippen LogP contribution in [-0.2, 0) is 17.8 Å². The molecule has 1 aliphatic heterocycles. The predicted molar refractivity (Wildman–Crippen MR) is 142 cm³/mol. The van der Waals surface area contributed by atoms with E-state index in [9.17, 15) is 9.59 Å². The van der Waals surface area contributed by atoms with Gasteiger partial charge in [-0.15, -0.1) is 10.2 Å². The molecule has 2 amide bonds. The van der Waals surface area contributed by atoms with Crippen molar-refractivity contribution in [3.8, 4) is 5.69 Å². The molecule has 4 aromatic rings. The third kappa shape index (κ3) is 5.11. The van der Waals surface area contributed by atoms with Crippen molar-refractivity contribution in [1.29, 1.82) is 0 Å². The van der Waals surface area contributed by atoms with Gasteiger partial charge in [0.2, 0.25) is 5.91 Å². The number of rotatable bonds is 7. The molecule has 0 unspecified atom stereocenters. The normalized spacial score (nSPS) is 12.4. The largest absolute Gasteiger partial charge is 0.345 e. The van der Waals surface area contributed by atoms with Crippen LogP contribution in [0.1, 0.15) is 21.7 Å². The van der Waals surface area contributed by atoms with Gasteiger partial charge in [-0.25, -0.2) is 0 Å². The van der Waals surface area contributed by atoms with Crippen molar-refractivity contribution in [2.45, 2.75) is 18.1 Å². The summed E-state index contributed by atoms with van der Waals surface area (Å²) in [5.74, 6) is 0.406. The van der Waals surface area contributed by atoms with Gasteiger partial charge in [0.25, 0.3) is 5.91 Å². The van der Waals surface area contributed by atoms with Crippen molar-refractivity contribution in [1.82, 2.24) is 20.1 Å². The monoisotopic (exact) mass is 537 g/mol. The third-order valence-electron chi connectivity index (χ3n) is 5.81. The molecule has 5 rings (SSSR count). The number of thioether (sulfide) groups is 1. The van der Waals surface area contributed by atoms with Gasteiger partial charge in [-0.3, -0.25) is 14.2 Å². The molecule has 3 aromatic carbocycles. The van der Waals surface area contributed by atoms with Crippen LogP contribution in [-0.4, -0.2) is 38.9 Å². The Morgan fingerprint density at radius 1 is 0.972 bits per heavy atom. The van der Waals surface area contributed by atoms with E-state index in [0.717, 1.165) is 17.8 Å². The SMILES string of the molecule is O=C(NCc1nnc(SCC(=O)N2CCc3ccccc32)n1-c1ccccc1)c1ccc(Cl)cc1Cl. The van der Waals surface area contributed by atoms with E-state index in [1.165, 1.54) is 23.4 Å². The molecule has 0 atom stereocenters. The van der Waals surface area contributed by atoms with Crippen LogP contribution in [0.3, 0.4) is 0 Å². The van der Waals surface area contributed by atoms with E-state index in [0.29, 0.717) is 28.1 Å². The maximum absolute atomic E-state index is 13.0. The maximum atomic E-state index is 13.0. The fourth-order valence-corrected chi connectivity index (χ4v) is 5.42. The van der Waals surface area contributed by atoms with Crippen LogP contribution in [0.2, 0.25) is 10.0 Å². The fraction of sp³-hybridized carbons (Fsp3) is 0.154. The molecule has 0 fully saturated rings. The number of fused-ring (bicyclic) bond motifs is 1. The predicted octanol–water partition coefficient (Wildman–Crippen LogP) is 5.19. The Morgan fingerprint density at radius 3 is 2.56 bits per heavy atom. The topological polar surface area (TPSA) is 80.1 Å². The Kier molecular flexibility index (Phi) is 7.27. The number of nitrogens with one attached hydrogen (secondary N) is 1. The van der Waals surface area contributed by atoms with Crippen LogP contribution in [0.25, 0.3) is 5.69 Å². The van der Waals surface area contributed by atoms with Gasteiger partial charge in [-0.2, -0.15) is 0 Å². The number of benzene rings is 3. The average molecular weight is 538 g/mol. The molecule has 0 saturated heterocycles. The van der Waals surface area contributed by atoms with Crippen molar-refractivity contribution in [3.05, 3.63) is 99.8 Å². The summed E-state index contributed by atoms with van der Waals surface area (Å²) in [5.41, 5.74) is 3.30. The smallest absolute Gasteiger partial charge is 0.253 e. The highest BCUT2D eigenvalue weighted by Gasteiger charge is 2.25. The molecular formula is C26H21Cl2N5O2S. The molecule has 0 radical (unpaired) electrons. The summed E-state index contributed by atoms with van der Waals surface area (Å²) in [5, 5.41) is 12.8. The van der Waals surface area contributed by atoms with Crippen molar-refractivity contribution in [2.75, 3.05) is 17.2 Å². The molecule has 182 valence electrons. The number of carbonyl (C=O) groups excluding carboxylic acids is 2. The minimum Gasteiger partial charge on any atom is -0.345 e. The first kappa shape index (κ1) is 24.4. The van der Waals surface area contributed by atoms with Gasteiger partial charge < -0.3 is 10.2 Å². The number of aromatic nitrogens is 3. The molecule has 0 bridgehead atoms. The van der Waals surface area contributed by atoms with E-state index in [2.05, 4.69) is 21.6 Å². The van der Waals surface area contributed by atoms with Crippen molar-refractivity contribution in [3.63, 3.8) is 0 Å². The van der Waals surface area contributed by atoms with Gasteiger partial charge in [0.1, 0.15) is 0 Å².